The summed E-state index contributed by atoms with van der Waals surface area (Å²) in [4.78, 5) is 2.33. The van der Waals surface area contributed by atoms with Crippen molar-refractivity contribution in [3.8, 4) is 0 Å². The molecule has 4 atom stereocenters. The maximum absolute atomic E-state index is 11.4. The molecule has 0 aromatic carbocycles. The molecule has 76 valence electrons. The van der Waals surface area contributed by atoms with Crippen molar-refractivity contribution in [2.75, 3.05) is 19.3 Å². The van der Waals surface area contributed by atoms with Crippen molar-refractivity contribution in [3.05, 3.63) is 0 Å². The predicted molar refractivity (Wildman–Crippen MR) is 53.0 cm³/mol. The van der Waals surface area contributed by atoms with E-state index in [-0.39, 0.29) is 11.5 Å². The average Bonchev–Trinajstić information content (AvgIpc) is 2.60. The van der Waals surface area contributed by atoms with E-state index in [1.54, 1.807) is 0 Å². The van der Waals surface area contributed by atoms with Gasteiger partial charge in [0, 0.05) is 6.04 Å². The van der Waals surface area contributed by atoms with E-state index in [9.17, 15) is 4.21 Å². The normalized spacial score (nSPS) is 47.2. The molecule has 13 heavy (non-hydrogen) atoms. The first-order chi connectivity index (χ1) is 6.18. The smallest absolute Gasteiger partial charge is 0.130 e. The van der Waals surface area contributed by atoms with Gasteiger partial charge in [-0.25, -0.2) is 0 Å². The Kier molecular flexibility index (Phi) is 2.72. The number of rotatable bonds is 1. The van der Waals surface area contributed by atoms with Gasteiger partial charge in [0.1, 0.15) is 5.44 Å². The van der Waals surface area contributed by atoms with Crippen LogP contribution in [0.3, 0.4) is 0 Å². The van der Waals surface area contributed by atoms with Crippen molar-refractivity contribution in [1.82, 2.24) is 4.90 Å². The van der Waals surface area contributed by atoms with Crippen molar-refractivity contribution in [2.45, 2.75) is 37.3 Å². The molecule has 2 aliphatic heterocycles. The summed E-state index contributed by atoms with van der Waals surface area (Å²) in [6.07, 6.45) is 2.66. The standard InChI is InChI=1S/C9H17NO2S/c1-7-12-9(6-13(7)11)8-4-3-5-10(8)2/h7-9H,3-6H2,1-2H3/t7-,8+,9+,13-/m1/s1. The second-order valence-electron chi connectivity index (χ2n) is 3.98. The van der Waals surface area contributed by atoms with Crippen LogP contribution < -0.4 is 0 Å². The topological polar surface area (TPSA) is 29.5 Å². The van der Waals surface area contributed by atoms with Crippen molar-refractivity contribution in [2.24, 2.45) is 0 Å². The van der Waals surface area contributed by atoms with Crippen LogP contribution in [0.5, 0.6) is 0 Å². The van der Waals surface area contributed by atoms with Crippen LogP contribution in [0.4, 0.5) is 0 Å². The number of ether oxygens (including phenoxy) is 1. The van der Waals surface area contributed by atoms with Crippen LogP contribution in [0, 0.1) is 0 Å². The molecule has 2 rings (SSSR count). The van der Waals surface area contributed by atoms with Crippen LogP contribution in [0.1, 0.15) is 19.8 Å². The summed E-state index contributed by atoms with van der Waals surface area (Å²) in [6, 6.07) is 0.508. The van der Waals surface area contributed by atoms with E-state index in [2.05, 4.69) is 11.9 Å². The fraction of sp³-hybridized carbons (Fsp3) is 1.00. The Morgan fingerprint density at radius 3 is 2.77 bits per heavy atom. The molecule has 0 saturated carbocycles. The number of likely N-dealkylation sites (N-methyl/N-ethyl adjacent to an activating group) is 1. The Morgan fingerprint density at radius 1 is 1.54 bits per heavy atom. The third-order valence-electron chi connectivity index (χ3n) is 3.07. The van der Waals surface area contributed by atoms with Gasteiger partial charge in [0.15, 0.2) is 0 Å². The molecule has 0 unspecified atom stereocenters. The lowest BCUT2D eigenvalue weighted by atomic mass is 10.1. The van der Waals surface area contributed by atoms with Gasteiger partial charge in [-0.15, -0.1) is 0 Å². The highest BCUT2D eigenvalue weighted by molar-refractivity contribution is 7.85. The summed E-state index contributed by atoms with van der Waals surface area (Å²) in [6.45, 7) is 3.07. The molecule has 2 saturated heterocycles. The van der Waals surface area contributed by atoms with Crippen LogP contribution in [0.15, 0.2) is 0 Å². The summed E-state index contributed by atoms with van der Waals surface area (Å²) < 4.78 is 17.1. The Morgan fingerprint density at radius 2 is 2.31 bits per heavy atom. The maximum Gasteiger partial charge on any atom is 0.130 e. The van der Waals surface area contributed by atoms with Crippen molar-refractivity contribution >= 4 is 10.8 Å². The van der Waals surface area contributed by atoms with E-state index >= 15 is 0 Å². The van der Waals surface area contributed by atoms with Crippen LogP contribution in [0.25, 0.3) is 0 Å². The molecule has 0 spiro atoms. The summed E-state index contributed by atoms with van der Waals surface area (Å²) in [5.74, 6) is 0.732. The molecular formula is C9H17NO2S. The van der Waals surface area contributed by atoms with Crippen LogP contribution in [0.2, 0.25) is 0 Å². The highest BCUT2D eigenvalue weighted by Gasteiger charge is 2.38. The monoisotopic (exact) mass is 203 g/mol. The number of nitrogens with zero attached hydrogens (tertiary/aromatic N) is 1. The van der Waals surface area contributed by atoms with Gasteiger partial charge in [-0.1, -0.05) is 0 Å². The van der Waals surface area contributed by atoms with Gasteiger partial charge in [-0.05, 0) is 33.4 Å². The minimum atomic E-state index is -0.758. The van der Waals surface area contributed by atoms with Gasteiger partial charge in [0.05, 0.1) is 22.7 Å². The predicted octanol–water partition coefficient (Wildman–Crippen LogP) is 0.574. The minimum absolute atomic E-state index is 0.0565. The van der Waals surface area contributed by atoms with Gasteiger partial charge >= 0.3 is 0 Å². The minimum Gasteiger partial charge on any atom is -0.359 e. The lowest BCUT2D eigenvalue weighted by Gasteiger charge is -2.24. The first-order valence-electron chi connectivity index (χ1n) is 4.91. The van der Waals surface area contributed by atoms with Crippen molar-refractivity contribution in [3.63, 3.8) is 0 Å². The quantitative estimate of drug-likeness (QED) is 0.624. The fourth-order valence-electron chi connectivity index (χ4n) is 2.25. The number of likely N-dealkylation sites (tertiary alicyclic amines) is 1. The van der Waals surface area contributed by atoms with E-state index in [4.69, 9.17) is 4.74 Å². The molecule has 0 N–H and O–H groups in total. The fourth-order valence-corrected chi connectivity index (χ4v) is 3.41. The number of hydrogen-bond donors (Lipinski definition) is 0. The lowest BCUT2D eigenvalue weighted by molar-refractivity contribution is 0.0250. The summed E-state index contributed by atoms with van der Waals surface area (Å²) in [5, 5.41) is 0. The first-order valence-corrected chi connectivity index (χ1v) is 6.29. The van der Waals surface area contributed by atoms with Crippen molar-refractivity contribution in [1.29, 1.82) is 0 Å². The highest BCUT2D eigenvalue weighted by atomic mass is 32.2. The third-order valence-corrected chi connectivity index (χ3v) is 4.58. The molecule has 0 aromatic heterocycles. The first kappa shape index (κ1) is 9.62. The van der Waals surface area contributed by atoms with Gasteiger partial charge in [-0.3, -0.25) is 4.21 Å². The number of hydrogen-bond acceptors (Lipinski definition) is 3. The second kappa shape index (κ2) is 3.67. The molecule has 2 heterocycles. The second-order valence-corrected chi connectivity index (χ2v) is 5.74. The molecule has 0 aromatic rings. The van der Waals surface area contributed by atoms with Gasteiger partial charge in [0.2, 0.25) is 0 Å². The Bertz CT molecular complexity index is 222. The molecular weight excluding hydrogens is 186 g/mol. The highest BCUT2D eigenvalue weighted by Crippen LogP contribution is 2.26. The summed E-state index contributed by atoms with van der Waals surface area (Å²) in [7, 11) is 1.37. The molecule has 3 nitrogen and oxygen atoms in total. The van der Waals surface area contributed by atoms with E-state index in [1.165, 1.54) is 12.8 Å². The lowest BCUT2D eigenvalue weighted by Crippen LogP contribution is -2.38. The van der Waals surface area contributed by atoms with E-state index in [0.29, 0.717) is 6.04 Å². The average molecular weight is 203 g/mol. The van der Waals surface area contributed by atoms with E-state index in [0.717, 1.165) is 12.3 Å². The molecule has 0 radical (unpaired) electrons. The summed E-state index contributed by atoms with van der Waals surface area (Å²) in [5.41, 5.74) is -0.0565. The zero-order valence-electron chi connectivity index (χ0n) is 8.23. The van der Waals surface area contributed by atoms with E-state index < -0.39 is 10.8 Å². The zero-order valence-corrected chi connectivity index (χ0v) is 9.05. The Hall–Kier alpha value is 0.0700. The van der Waals surface area contributed by atoms with Gasteiger partial charge in [-0.2, -0.15) is 0 Å². The molecule has 2 aliphatic rings. The molecule has 2 fully saturated rings. The van der Waals surface area contributed by atoms with Crippen LogP contribution in [-0.2, 0) is 15.5 Å². The molecule has 4 heteroatoms. The van der Waals surface area contributed by atoms with E-state index in [1.807, 2.05) is 6.92 Å². The van der Waals surface area contributed by atoms with Crippen LogP contribution >= 0.6 is 0 Å². The molecule has 0 amide bonds. The Labute approximate surface area is 81.9 Å². The SMILES string of the molecule is C[C@@H]1O[C@H]([C@@H]2CCCN2C)C[S@]1=O. The maximum atomic E-state index is 11.4. The zero-order chi connectivity index (χ0) is 9.42. The van der Waals surface area contributed by atoms with Gasteiger partial charge in [0.25, 0.3) is 0 Å². The van der Waals surface area contributed by atoms with Gasteiger partial charge < -0.3 is 9.64 Å². The third kappa shape index (κ3) is 1.80. The van der Waals surface area contributed by atoms with Crippen LogP contribution in [-0.4, -0.2) is 46.0 Å². The summed E-state index contributed by atoms with van der Waals surface area (Å²) >= 11 is 0. The van der Waals surface area contributed by atoms with Crippen molar-refractivity contribution < 1.29 is 8.95 Å². The molecule has 0 bridgehead atoms. The largest absolute Gasteiger partial charge is 0.359 e. The Balaban J connectivity index is 1.98. The molecule has 0 aliphatic carbocycles.